The van der Waals surface area contributed by atoms with Crippen LogP contribution >= 0.6 is 0 Å². The minimum Gasteiger partial charge on any atom is -0.487 e. The highest BCUT2D eigenvalue weighted by Gasteiger charge is 2.33. The second kappa shape index (κ2) is 7.96. The number of hydrogen-bond donors (Lipinski definition) is 3. The molecule has 144 valence electrons. The van der Waals surface area contributed by atoms with Crippen molar-refractivity contribution in [2.75, 3.05) is 7.05 Å². The van der Waals surface area contributed by atoms with E-state index in [1.807, 2.05) is 18.2 Å². The zero-order valence-electron chi connectivity index (χ0n) is 15.9. The molecule has 2 aromatic carbocycles. The molecular formula is C21H26FN3O2. The average Bonchev–Trinajstić information content (AvgIpc) is 2.65. The van der Waals surface area contributed by atoms with Crippen molar-refractivity contribution in [2.24, 2.45) is 4.99 Å². The Morgan fingerprint density at radius 3 is 2.81 bits per heavy atom. The number of benzene rings is 2. The second-order valence-corrected chi connectivity index (χ2v) is 7.31. The van der Waals surface area contributed by atoms with Gasteiger partial charge < -0.3 is 20.5 Å². The van der Waals surface area contributed by atoms with Crippen molar-refractivity contribution in [3.63, 3.8) is 0 Å². The van der Waals surface area contributed by atoms with Crippen molar-refractivity contribution in [3.05, 3.63) is 65.0 Å². The summed E-state index contributed by atoms with van der Waals surface area (Å²) in [5.74, 6) is 1.14. The summed E-state index contributed by atoms with van der Waals surface area (Å²) in [5, 5.41) is 15.9. The molecule has 27 heavy (non-hydrogen) atoms. The number of ether oxygens (including phenoxy) is 1. The third kappa shape index (κ3) is 4.57. The largest absolute Gasteiger partial charge is 0.487 e. The van der Waals surface area contributed by atoms with Gasteiger partial charge in [-0.25, -0.2) is 4.39 Å². The van der Waals surface area contributed by atoms with Gasteiger partial charge >= 0.3 is 0 Å². The van der Waals surface area contributed by atoms with E-state index < -0.39 is 5.82 Å². The number of nitrogens with zero attached hydrogens (tertiary/aromatic N) is 1. The monoisotopic (exact) mass is 371 g/mol. The molecule has 0 aliphatic carbocycles. The maximum Gasteiger partial charge on any atom is 0.191 e. The molecule has 1 unspecified atom stereocenters. The van der Waals surface area contributed by atoms with Gasteiger partial charge in [0.25, 0.3) is 0 Å². The van der Waals surface area contributed by atoms with E-state index in [-0.39, 0.29) is 23.8 Å². The lowest BCUT2D eigenvalue weighted by atomic mass is 9.90. The van der Waals surface area contributed by atoms with Gasteiger partial charge in [-0.3, -0.25) is 4.99 Å². The number of aliphatic hydroxyl groups is 1. The van der Waals surface area contributed by atoms with E-state index in [0.29, 0.717) is 12.5 Å². The lowest BCUT2D eigenvalue weighted by Crippen LogP contribution is -2.45. The van der Waals surface area contributed by atoms with Crippen LogP contribution in [-0.4, -0.2) is 23.7 Å². The molecule has 1 atom stereocenters. The fourth-order valence-corrected chi connectivity index (χ4v) is 3.34. The van der Waals surface area contributed by atoms with E-state index in [2.05, 4.69) is 35.5 Å². The number of aliphatic hydroxyl groups excluding tert-OH is 1. The Hall–Kier alpha value is -2.60. The normalized spacial score (nSPS) is 18.4. The quantitative estimate of drug-likeness (QED) is 0.570. The molecule has 1 aliphatic heterocycles. The number of para-hydroxylation sites is 1. The highest BCUT2D eigenvalue weighted by molar-refractivity contribution is 5.80. The van der Waals surface area contributed by atoms with Crippen LogP contribution in [0.2, 0.25) is 0 Å². The van der Waals surface area contributed by atoms with Gasteiger partial charge in [-0.05, 0) is 37.6 Å². The van der Waals surface area contributed by atoms with Crippen LogP contribution in [-0.2, 0) is 13.2 Å². The predicted molar refractivity (Wildman–Crippen MR) is 104 cm³/mol. The first kappa shape index (κ1) is 19.2. The summed E-state index contributed by atoms with van der Waals surface area (Å²) in [6, 6.07) is 12.8. The second-order valence-electron chi connectivity index (χ2n) is 7.31. The third-order valence-electron chi connectivity index (χ3n) is 4.65. The minimum absolute atomic E-state index is 0.0670. The zero-order valence-corrected chi connectivity index (χ0v) is 15.9. The van der Waals surface area contributed by atoms with Crippen molar-refractivity contribution < 1.29 is 14.2 Å². The Kier molecular flexibility index (Phi) is 5.65. The molecule has 0 radical (unpaired) electrons. The van der Waals surface area contributed by atoms with Crippen molar-refractivity contribution >= 4 is 5.96 Å². The van der Waals surface area contributed by atoms with Crippen LogP contribution in [0.15, 0.2) is 47.5 Å². The summed E-state index contributed by atoms with van der Waals surface area (Å²) >= 11 is 0. The van der Waals surface area contributed by atoms with Crippen molar-refractivity contribution in [3.8, 4) is 5.75 Å². The number of guanidine groups is 1. The van der Waals surface area contributed by atoms with Crippen molar-refractivity contribution in [1.29, 1.82) is 0 Å². The number of halogens is 1. The topological polar surface area (TPSA) is 65.9 Å². The molecule has 0 spiro atoms. The Morgan fingerprint density at radius 1 is 1.30 bits per heavy atom. The Labute approximate surface area is 159 Å². The summed E-state index contributed by atoms with van der Waals surface area (Å²) in [7, 11) is 1.72. The third-order valence-corrected chi connectivity index (χ3v) is 4.65. The molecule has 3 rings (SSSR count). The van der Waals surface area contributed by atoms with Gasteiger partial charge in [0.2, 0.25) is 0 Å². The van der Waals surface area contributed by atoms with Crippen LogP contribution < -0.4 is 15.4 Å². The Balaban J connectivity index is 1.70. The van der Waals surface area contributed by atoms with Crippen LogP contribution in [0.5, 0.6) is 5.75 Å². The fourth-order valence-electron chi connectivity index (χ4n) is 3.34. The van der Waals surface area contributed by atoms with Crippen molar-refractivity contribution in [2.45, 2.75) is 45.1 Å². The Bertz CT molecular complexity index is 836. The van der Waals surface area contributed by atoms with Crippen LogP contribution in [0, 0.1) is 5.82 Å². The highest BCUT2D eigenvalue weighted by atomic mass is 19.1. The number of rotatable bonds is 4. The van der Waals surface area contributed by atoms with Gasteiger partial charge in [0.15, 0.2) is 5.96 Å². The first-order chi connectivity index (χ1) is 12.9. The molecule has 0 aromatic heterocycles. The first-order valence-corrected chi connectivity index (χ1v) is 9.05. The standard InChI is InChI=1S/C21H26FN3O2/c1-21(2)11-18(16-6-4-5-7-19(16)27-21)25-20(23-3)24-12-14-8-9-17(22)15(10-14)13-26/h4-10,18,26H,11-13H2,1-3H3,(H2,23,24,25). The zero-order chi connectivity index (χ0) is 19.4. The number of hydrogen-bond acceptors (Lipinski definition) is 3. The highest BCUT2D eigenvalue weighted by Crippen LogP contribution is 2.39. The lowest BCUT2D eigenvalue weighted by Gasteiger charge is -2.38. The van der Waals surface area contributed by atoms with E-state index in [9.17, 15) is 9.50 Å². The number of aliphatic imine (C=N–C) groups is 1. The Morgan fingerprint density at radius 2 is 2.07 bits per heavy atom. The van der Waals surface area contributed by atoms with E-state index in [4.69, 9.17) is 4.74 Å². The maximum absolute atomic E-state index is 13.5. The van der Waals surface area contributed by atoms with E-state index in [0.717, 1.165) is 23.3 Å². The molecule has 0 bridgehead atoms. The van der Waals surface area contributed by atoms with Crippen LogP contribution in [0.1, 0.15) is 43.0 Å². The number of nitrogens with one attached hydrogen (secondary N) is 2. The first-order valence-electron chi connectivity index (χ1n) is 9.05. The van der Waals surface area contributed by atoms with E-state index in [1.54, 1.807) is 19.2 Å². The molecule has 0 saturated heterocycles. The van der Waals surface area contributed by atoms with Gasteiger partial charge in [-0.2, -0.15) is 0 Å². The molecule has 1 heterocycles. The molecule has 0 amide bonds. The van der Waals surface area contributed by atoms with Crippen molar-refractivity contribution in [1.82, 2.24) is 10.6 Å². The summed E-state index contributed by atoms with van der Waals surface area (Å²) in [5.41, 5.74) is 1.98. The summed E-state index contributed by atoms with van der Waals surface area (Å²) in [4.78, 5) is 4.31. The van der Waals surface area contributed by atoms with E-state index in [1.165, 1.54) is 6.07 Å². The van der Waals surface area contributed by atoms with Gasteiger partial charge in [-0.1, -0.05) is 24.3 Å². The average molecular weight is 371 g/mol. The number of fused-ring (bicyclic) bond motifs is 1. The fraction of sp³-hybridized carbons (Fsp3) is 0.381. The molecule has 2 aromatic rings. The summed E-state index contributed by atoms with van der Waals surface area (Å²) < 4.78 is 19.6. The SMILES string of the molecule is CN=C(NCc1ccc(F)c(CO)c1)NC1CC(C)(C)Oc2ccccc21. The summed E-state index contributed by atoms with van der Waals surface area (Å²) in [6.45, 7) is 4.30. The van der Waals surface area contributed by atoms with Gasteiger partial charge in [0, 0.05) is 31.1 Å². The van der Waals surface area contributed by atoms with E-state index >= 15 is 0 Å². The van der Waals surface area contributed by atoms with Gasteiger partial charge in [0.1, 0.15) is 17.2 Å². The minimum atomic E-state index is -0.398. The van der Waals surface area contributed by atoms with Crippen LogP contribution in [0.4, 0.5) is 4.39 Å². The molecule has 1 aliphatic rings. The molecule has 0 saturated carbocycles. The smallest absolute Gasteiger partial charge is 0.191 e. The predicted octanol–water partition coefficient (Wildman–Crippen LogP) is 3.29. The molecule has 3 N–H and O–H groups in total. The molecule has 5 nitrogen and oxygen atoms in total. The maximum atomic E-state index is 13.5. The molecule has 6 heteroatoms. The molecular weight excluding hydrogens is 345 g/mol. The van der Waals surface area contributed by atoms with Gasteiger partial charge in [-0.15, -0.1) is 0 Å². The summed E-state index contributed by atoms with van der Waals surface area (Å²) in [6.07, 6.45) is 0.802. The van der Waals surface area contributed by atoms with Crippen LogP contribution in [0.25, 0.3) is 0 Å². The van der Waals surface area contributed by atoms with Crippen LogP contribution in [0.3, 0.4) is 0 Å². The van der Waals surface area contributed by atoms with Gasteiger partial charge in [0.05, 0.1) is 12.6 Å². The lowest BCUT2D eigenvalue weighted by molar-refractivity contribution is 0.0694. The molecule has 0 fully saturated rings.